The minimum atomic E-state index is -0.851. The molecule has 3 aliphatic rings. The summed E-state index contributed by atoms with van der Waals surface area (Å²) in [6, 6.07) is 7.59. The normalized spacial score (nSPS) is 39.7. The van der Waals surface area contributed by atoms with Crippen molar-refractivity contribution in [2.45, 2.75) is 68.3 Å². The van der Waals surface area contributed by atoms with Crippen LogP contribution in [0.1, 0.15) is 46.0 Å². The molecule has 4 rings (SSSR count). The van der Waals surface area contributed by atoms with Crippen molar-refractivity contribution in [1.29, 1.82) is 0 Å². The smallest absolute Gasteiger partial charge is 0.312 e. The van der Waals surface area contributed by atoms with Crippen LogP contribution in [-0.4, -0.2) is 52.0 Å². The second kappa shape index (κ2) is 9.25. The molecule has 1 saturated heterocycles. The van der Waals surface area contributed by atoms with E-state index in [1.54, 1.807) is 0 Å². The van der Waals surface area contributed by atoms with Crippen LogP contribution in [0.25, 0.3) is 0 Å². The molecule has 0 radical (unpaired) electrons. The average molecular weight is 476 g/mol. The number of rotatable bonds is 6. The highest BCUT2D eigenvalue weighted by Gasteiger charge is 2.58. The monoisotopic (exact) mass is 475 g/mol. The molecule has 0 bridgehead atoms. The van der Waals surface area contributed by atoms with Crippen LogP contribution in [0.5, 0.6) is 0 Å². The molecule has 6 nitrogen and oxygen atoms in total. The number of anilines is 1. The van der Waals surface area contributed by atoms with E-state index in [1.807, 2.05) is 31.2 Å². The topological polar surface area (TPSA) is 113 Å². The highest BCUT2D eigenvalue weighted by molar-refractivity contribution is 8.00. The summed E-state index contributed by atoms with van der Waals surface area (Å²) in [7, 11) is 0. The van der Waals surface area contributed by atoms with E-state index in [0.717, 1.165) is 29.7 Å². The lowest BCUT2D eigenvalue weighted by molar-refractivity contribution is -0.153. The van der Waals surface area contributed by atoms with E-state index in [4.69, 9.17) is 10.5 Å². The molecule has 8 atom stereocenters. The van der Waals surface area contributed by atoms with Gasteiger partial charge in [-0.05, 0) is 61.5 Å². The summed E-state index contributed by atoms with van der Waals surface area (Å²) in [6.07, 6.45) is 2.45. The van der Waals surface area contributed by atoms with E-state index >= 15 is 0 Å². The molecule has 182 valence electrons. The van der Waals surface area contributed by atoms with E-state index in [9.17, 15) is 20.1 Å². The Morgan fingerprint density at radius 2 is 2.00 bits per heavy atom. The number of cyclic esters (lactones) is 1. The summed E-state index contributed by atoms with van der Waals surface area (Å²) >= 11 is 1.53. The van der Waals surface area contributed by atoms with E-state index in [1.165, 1.54) is 11.8 Å². The lowest BCUT2D eigenvalue weighted by Crippen LogP contribution is -2.57. The Labute approximate surface area is 200 Å². The van der Waals surface area contributed by atoms with Gasteiger partial charge in [-0.3, -0.25) is 4.79 Å². The number of allylic oxidation sites excluding steroid dienone is 1. The number of benzene rings is 1. The van der Waals surface area contributed by atoms with Gasteiger partial charge in [0.05, 0.1) is 18.6 Å². The number of nitrogens with two attached hydrogens (primary N) is 1. The molecule has 1 aliphatic heterocycles. The van der Waals surface area contributed by atoms with E-state index < -0.39 is 23.5 Å². The number of nitrogen functional groups attached to an aromatic ring is 1. The van der Waals surface area contributed by atoms with E-state index in [2.05, 4.69) is 13.5 Å². The van der Waals surface area contributed by atoms with Crippen LogP contribution >= 0.6 is 11.8 Å². The van der Waals surface area contributed by atoms with Gasteiger partial charge < -0.3 is 25.8 Å². The summed E-state index contributed by atoms with van der Waals surface area (Å²) in [5.74, 6) is -0.763. The quantitative estimate of drug-likeness (QED) is 0.216. The Bertz CT molecular complexity index is 908. The summed E-state index contributed by atoms with van der Waals surface area (Å²) < 4.78 is 5.22. The number of carbonyl (C=O) groups excluding carboxylic acids is 1. The van der Waals surface area contributed by atoms with Crippen LogP contribution in [0.15, 0.2) is 41.3 Å². The minimum absolute atomic E-state index is 0.0190. The number of fused-ring (bicyclic) bond motifs is 1. The van der Waals surface area contributed by atoms with Gasteiger partial charge in [0, 0.05) is 21.2 Å². The summed E-state index contributed by atoms with van der Waals surface area (Å²) in [5.41, 5.74) is 7.29. The molecular formula is C26H37NO5S. The second-order valence-electron chi connectivity index (χ2n) is 10.7. The first-order valence-electron chi connectivity index (χ1n) is 11.9. The molecule has 1 aromatic rings. The van der Waals surface area contributed by atoms with Crippen molar-refractivity contribution in [2.75, 3.05) is 18.9 Å². The van der Waals surface area contributed by atoms with Crippen molar-refractivity contribution in [3.8, 4) is 0 Å². The van der Waals surface area contributed by atoms with Crippen molar-refractivity contribution in [3.05, 3.63) is 36.4 Å². The lowest BCUT2D eigenvalue weighted by Gasteiger charge is -2.60. The number of hydrogen-bond acceptors (Lipinski definition) is 7. The summed E-state index contributed by atoms with van der Waals surface area (Å²) in [5, 5.41) is 31.5. The van der Waals surface area contributed by atoms with Gasteiger partial charge in [-0.15, -0.1) is 11.8 Å². The number of hydrogen-bond donors (Lipinski definition) is 4. The number of carbonyl (C=O) groups is 1. The standard InChI is InChI=1S/C26H37NO5S/c1-15-8-9-21-25(2,11-10-22(30)26(21,3)14-28)16(15)12-20(23-18(29)13-32-24(23)31)33-19-7-5-4-6-17(19)27/h4-7,16,18,20-23,28-30H,1,8-14,27H2,2-3H3. The number of aliphatic hydroxyl groups is 3. The molecule has 0 spiro atoms. The molecule has 3 fully saturated rings. The molecule has 0 amide bonds. The summed E-state index contributed by atoms with van der Waals surface area (Å²) in [6.45, 7) is 8.65. The Balaban J connectivity index is 1.69. The molecule has 33 heavy (non-hydrogen) atoms. The van der Waals surface area contributed by atoms with Gasteiger partial charge in [0.1, 0.15) is 12.7 Å². The number of esters is 1. The van der Waals surface area contributed by atoms with Gasteiger partial charge in [-0.1, -0.05) is 38.1 Å². The van der Waals surface area contributed by atoms with E-state index in [0.29, 0.717) is 18.5 Å². The van der Waals surface area contributed by atoms with Crippen molar-refractivity contribution in [3.63, 3.8) is 0 Å². The third kappa shape index (κ3) is 4.22. The van der Waals surface area contributed by atoms with E-state index in [-0.39, 0.29) is 41.7 Å². The van der Waals surface area contributed by atoms with Gasteiger partial charge in [0.25, 0.3) is 0 Å². The third-order valence-electron chi connectivity index (χ3n) is 8.84. The molecule has 8 unspecified atom stereocenters. The van der Waals surface area contributed by atoms with Gasteiger partial charge >= 0.3 is 5.97 Å². The molecular weight excluding hydrogens is 438 g/mol. The van der Waals surface area contributed by atoms with Gasteiger partial charge in [-0.2, -0.15) is 0 Å². The predicted octanol–water partition coefficient (Wildman–Crippen LogP) is 3.40. The number of thioether (sulfide) groups is 1. The maximum atomic E-state index is 12.7. The zero-order valence-corrected chi connectivity index (χ0v) is 20.4. The second-order valence-corrected chi connectivity index (χ2v) is 12.0. The SMILES string of the molecule is C=C1CCC2C(C)(CO)C(O)CCC2(C)C1CC(Sc1ccccc1N)C1C(=O)OCC1O. The molecule has 7 heteroatoms. The Hall–Kier alpha value is -1.54. The van der Waals surface area contributed by atoms with Crippen LogP contribution in [0, 0.1) is 28.6 Å². The molecule has 1 aromatic carbocycles. The fraction of sp³-hybridized carbons (Fsp3) is 0.654. The van der Waals surface area contributed by atoms with Crippen molar-refractivity contribution < 1.29 is 24.9 Å². The number of ether oxygens (including phenoxy) is 1. The van der Waals surface area contributed by atoms with Gasteiger partial charge in [-0.25, -0.2) is 0 Å². The lowest BCUT2D eigenvalue weighted by atomic mass is 9.46. The first-order valence-corrected chi connectivity index (χ1v) is 12.8. The van der Waals surface area contributed by atoms with Crippen LogP contribution < -0.4 is 5.73 Å². The average Bonchev–Trinajstić information content (AvgIpc) is 3.12. The third-order valence-corrected chi connectivity index (χ3v) is 10.3. The Morgan fingerprint density at radius 3 is 2.64 bits per heavy atom. The molecule has 2 saturated carbocycles. The zero-order valence-electron chi connectivity index (χ0n) is 19.6. The summed E-state index contributed by atoms with van der Waals surface area (Å²) in [4.78, 5) is 13.6. The highest BCUT2D eigenvalue weighted by atomic mass is 32.2. The van der Waals surface area contributed by atoms with Crippen LogP contribution in [0.4, 0.5) is 5.69 Å². The van der Waals surface area contributed by atoms with Crippen molar-refractivity contribution in [2.24, 2.45) is 28.6 Å². The zero-order chi connectivity index (χ0) is 24.0. The largest absolute Gasteiger partial charge is 0.463 e. The Kier molecular flexibility index (Phi) is 6.89. The van der Waals surface area contributed by atoms with Gasteiger partial charge in [0.15, 0.2) is 0 Å². The highest BCUT2D eigenvalue weighted by Crippen LogP contribution is 2.62. The molecule has 2 aliphatic carbocycles. The molecule has 1 heterocycles. The Morgan fingerprint density at radius 1 is 1.27 bits per heavy atom. The predicted molar refractivity (Wildman–Crippen MR) is 129 cm³/mol. The maximum absolute atomic E-state index is 12.7. The van der Waals surface area contributed by atoms with Crippen molar-refractivity contribution >= 4 is 23.4 Å². The number of aliphatic hydroxyl groups excluding tert-OH is 3. The maximum Gasteiger partial charge on any atom is 0.312 e. The first-order chi connectivity index (χ1) is 15.6. The minimum Gasteiger partial charge on any atom is -0.463 e. The van der Waals surface area contributed by atoms with Crippen LogP contribution in [-0.2, 0) is 9.53 Å². The van der Waals surface area contributed by atoms with Gasteiger partial charge in [0.2, 0.25) is 0 Å². The molecule has 0 aromatic heterocycles. The fourth-order valence-electron chi connectivity index (χ4n) is 6.81. The molecule has 5 N–H and O–H groups in total. The van der Waals surface area contributed by atoms with Crippen LogP contribution in [0.3, 0.4) is 0 Å². The van der Waals surface area contributed by atoms with Crippen LogP contribution in [0.2, 0.25) is 0 Å². The first kappa shape index (κ1) is 24.6. The van der Waals surface area contributed by atoms with Crippen molar-refractivity contribution in [1.82, 2.24) is 0 Å². The number of para-hydroxylation sites is 1. The fourth-order valence-corrected chi connectivity index (χ4v) is 8.23.